The number of aryl methyl sites for hydroxylation is 2. The molecule has 0 aromatic heterocycles. The summed E-state index contributed by atoms with van der Waals surface area (Å²) in [5, 5.41) is 0. The van der Waals surface area contributed by atoms with Crippen LogP contribution < -0.4 is 16.7 Å². The second-order valence-electron chi connectivity index (χ2n) is 5.14. The zero-order valence-corrected chi connectivity index (χ0v) is 12.6. The van der Waals surface area contributed by atoms with Gasteiger partial charge in [0, 0.05) is 13.2 Å². The van der Waals surface area contributed by atoms with E-state index in [0.29, 0.717) is 18.7 Å². The van der Waals surface area contributed by atoms with Gasteiger partial charge in [0.25, 0.3) is 0 Å². The van der Waals surface area contributed by atoms with Crippen LogP contribution in [0.15, 0.2) is 42.5 Å². The molecule has 0 atom stereocenters. The number of halogens is 1. The first kappa shape index (κ1) is 15.7. The highest BCUT2D eigenvalue weighted by Gasteiger charge is 2.22. The molecule has 4 heteroatoms. The summed E-state index contributed by atoms with van der Waals surface area (Å²) >= 11 is 0. The van der Waals surface area contributed by atoms with Gasteiger partial charge in [-0.2, -0.15) is 0 Å². The van der Waals surface area contributed by atoms with Crippen molar-refractivity contribution in [1.29, 1.82) is 0 Å². The molecule has 0 amide bonds. The lowest BCUT2D eigenvalue weighted by atomic mass is 9.55. The zero-order valence-electron chi connectivity index (χ0n) is 12.6. The van der Waals surface area contributed by atoms with Crippen molar-refractivity contribution in [3.63, 3.8) is 0 Å². The van der Waals surface area contributed by atoms with Crippen molar-refractivity contribution in [2.75, 3.05) is 13.2 Å². The van der Waals surface area contributed by atoms with E-state index in [9.17, 15) is 4.39 Å². The van der Waals surface area contributed by atoms with Crippen molar-refractivity contribution in [2.24, 2.45) is 5.73 Å². The van der Waals surface area contributed by atoms with Crippen molar-refractivity contribution in [3.8, 4) is 0 Å². The van der Waals surface area contributed by atoms with E-state index < -0.39 is 0 Å². The minimum atomic E-state index is -0.283. The van der Waals surface area contributed by atoms with E-state index in [0.717, 1.165) is 17.3 Å². The molecule has 0 aliphatic carbocycles. The molecule has 0 saturated carbocycles. The molecular weight excluding hydrogens is 264 g/mol. The fraction of sp³-hybridized carbons (Fsp3) is 0.294. The Morgan fingerprint density at radius 2 is 1.76 bits per heavy atom. The number of hydrogen-bond acceptors (Lipinski definition) is 2. The maximum atomic E-state index is 13.8. The molecule has 0 heterocycles. The highest BCUT2D eigenvalue weighted by molar-refractivity contribution is 6.80. The predicted molar refractivity (Wildman–Crippen MR) is 87.0 cm³/mol. The average Bonchev–Trinajstić information content (AvgIpc) is 2.51. The first-order chi connectivity index (χ1) is 10.2. The molecular formula is C17H21BFNO. The van der Waals surface area contributed by atoms with Crippen LogP contribution in [0.25, 0.3) is 0 Å². The van der Waals surface area contributed by atoms with Gasteiger partial charge in [-0.15, -0.1) is 0 Å². The molecule has 2 N–H and O–H groups in total. The maximum Gasteiger partial charge on any atom is 0.361 e. The van der Waals surface area contributed by atoms with Crippen LogP contribution in [0.5, 0.6) is 0 Å². The molecule has 2 aromatic carbocycles. The van der Waals surface area contributed by atoms with Gasteiger partial charge in [-0.3, -0.25) is 0 Å². The number of hydrogen-bond donors (Lipinski definition) is 1. The van der Waals surface area contributed by atoms with Gasteiger partial charge >= 0.3 is 6.92 Å². The minimum absolute atomic E-state index is 0.209. The van der Waals surface area contributed by atoms with E-state index >= 15 is 0 Å². The van der Waals surface area contributed by atoms with Crippen molar-refractivity contribution in [2.45, 2.75) is 20.3 Å². The summed E-state index contributed by atoms with van der Waals surface area (Å²) in [7, 11) is 0. The van der Waals surface area contributed by atoms with Crippen molar-refractivity contribution >= 4 is 17.8 Å². The van der Waals surface area contributed by atoms with Crippen LogP contribution in [0.2, 0.25) is 0 Å². The van der Waals surface area contributed by atoms with Gasteiger partial charge in [0.05, 0.1) is 0 Å². The van der Waals surface area contributed by atoms with Gasteiger partial charge in [-0.1, -0.05) is 43.3 Å². The van der Waals surface area contributed by atoms with Crippen LogP contribution in [0.3, 0.4) is 0 Å². The normalized spacial score (nSPS) is 10.7. The molecule has 0 fully saturated rings. The summed E-state index contributed by atoms with van der Waals surface area (Å²) in [6, 6.07) is 13.5. The maximum absolute atomic E-state index is 13.8. The Hall–Kier alpha value is -1.65. The number of benzene rings is 2. The smallest absolute Gasteiger partial charge is 0.361 e. The van der Waals surface area contributed by atoms with Gasteiger partial charge in [0.2, 0.25) is 0 Å². The molecule has 21 heavy (non-hydrogen) atoms. The molecule has 110 valence electrons. The molecule has 0 saturated heterocycles. The summed E-state index contributed by atoms with van der Waals surface area (Å²) in [6.45, 7) is 4.47. The summed E-state index contributed by atoms with van der Waals surface area (Å²) in [5.41, 5.74) is 9.27. The van der Waals surface area contributed by atoms with Crippen LogP contribution in [-0.2, 0) is 11.1 Å². The molecule has 0 unspecified atom stereocenters. The summed E-state index contributed by atoms with van der Waals surface area (Å²) in [4.78, 5) is 0. The van der Waals surface area contributed by atoms with Gasteiger partial charge in [-0.05, 0) is 41.5 Å². The minimum Gasteiger partial charge on any atom is -0.426 e. The topological polar surface area (TPSA) is 35.2 Å². The van der Waals surface area contributed by atoms with E-state index in [2.05, 4.69) is 19.1 Å². The van der Waals surface area contributed by atoms with E-state index in [4.69, 9.17) is 10.4 Å². The molecule has 0 aliphatic heterocycles. The van der Waals surface area contributed by atoms with Crippen LogP contribution in [0.4, 0.5) is 4.39 Å². The average molecular weight is 285 g/mol. The van der Waals surface area contributed by atoms with Gasteiger partial charge in [0.15, 0.2) is 0 Å². The second-order valence-corrected chi connectivity index (χ2v) is 5.14. The van der Waals surface area contributed by atoms with Crippen LogP contribution >= 0.6 is 0 Å². The largest absolute Gasteiger partial charge is 0.426 e. The van der Waals surface area contributed by atoms with Crippen molar-refractivity contribution in [1.82, 2.24) is 0 Å². The first-order valence-electron chi connectivity index (χ1n) is 7.32. The first-order valence-corrected chi connectivity index (χ1v) is 7.32. The summed E-state index contributed by atoms with van der Waals surface area (Å²) < 4.78 is 19.7. The van der Waals surface area contributed by atoms with Gasteiger partial charge in [-0.25, -0.2) is 4.39 Å². The lowest BCUT2D eigenvalue weighted by molar-refractivity contribution is 0.344. The lowest BCUT2D eigenvalue weighted by Gasteiger charge is -2.16. The molecule has 0 spiro atoms. The highest BCUT2D eigenvalue weighted by Crippen LogP contribution is 2.05. The van der Waals surface area contributed by atoms with Crippen molar-refractivity contribution in [3.05, 3.63) is 59.4 Å². The van der Waals surface area contributed by atoms with E-state index in [1.807, 2.05) is 18.2 Å². The number of rotatable bonds is 6. The van der Waals surface area contributed by atoms with Crippen LogP contribution in [0, 0.1) is 12.7 Å². The molecule has 2 aromatic rings. The molecule has 0 radical (unpaired) electrons. The second kappa shape index (κ2) is 7.39. The summed E-state index contributed by atoms with van der Waals surface area (Å²) in [5.74, 6) is -0.209. The quantitative estimate of drug-likeness (QED) is 0.821. The SMILES string of the molecule is CCc1ccc(B(OCCN)c2ccc(C)c(F)c2)cc1. The lowest BCUT2D eigenvalue weighted by Crippen LogP contribution is -2.46. The Bertz CT molecular complexity index is 586. The molecule has 2 rings (SSSR count). The van der Waals surface area contributed by atoms with E-state index in [-0.39, 0.29) is 12.7 Å². The Balaban J connectivity index is 2.33. The van der Waals surface area contributed by atoms with Gasteiger partial charge < -0.3 is 10.4 Å². The summed E-state index contributed by atoms with van der Waals surface area (Å²) in [6.07, 6.45) is 0.994. The Morgan fingerprint density at radius 1 is 1.10 bits per heavy atom. The Morgan fingerprint density at radius 3 is 2.33 bits per heavy atom. The van der Waals surface area contributed by atoms with Crippen LogP contribution in [0.1, 0.15) is 18.1 Å². The van der Waals surface area contributed by atoms with E-state index in [1.165, 1.54) is 5.56 Å². The predicted octanol–water partition coefficient (Wildman–Crippen LogP) is 1.78. The van der Waals surface area contributed by atoms with Crippen molar-refractivity contribution < 1.29 is 9.04 Å². The third-order valence-electron chi connectivity index (χ3n) is 3.59. The van der Waals surface area contributed by atoms with E-state index in [1.54, 1.807) is 19.1 Å². The fourth-order valence-electron chi connectivity index (χ4n) is 2.27. The molecule has 0 aliphatic rings. The highest BCUT2D eigenvalue weighted by atomic mass is 19.1. The molecule has 2 nitrogen and oxygen atoms in total. The Kier molecular flexibility index (Phi) is 5.54. The monoisotopic (exact) mass is 285 g/mol. The van der Waals surface area contributed by atoms with Crippen LogP contribution in [-0.4, -0.2) is 20.1 Å². The third-order valence-corrected chi connectivity index (χ3v) is 3.59. The number of nitrogens with two attached hydrogens (primary N) is 1. The standard InChI is InChI=1S/C17H21BFNO/c1-3-14-5-8-15(9-6-14)18(21-11-10-20)16-7-4-13(2)17(19)12-16/h4-9,12H,3,10-11,20H2,1-2H3. The third kappa shape index (κ3) is 3.93. The fourth-order valence-corrected chi connectivity index (χ4v) is 2.27. The zero-order chi connectivity index (χ0) is 15.2. The Labute approximate surface area is 126 Å². The molecule has 0 bridgehead atoms. The van der Waals surface area contributed by atoms with Gasteiger partial charge in [0.1, 0.15) is 5.82 Å².